The Morgan fingerprint density at radius 1 is 1.35 bits per heavy atom. The molecule has 0 fully saturated rings. The van der Waals surface area contributed by atoms with Gasteiger partial charge in [0.2, 0.25) is 0 Å². The number of aliphatic hydroxyl groups is 1. The molecule has 0 bridgehead atoms. The molecule has 2 aromatic rings. The van der Waals surface area contributed by atoms with Crippen molar-refractivity contribution in [3.05, 3.63) is 36.5 Å². The molecule has 1 heterocycles. The largest absolute Gasteiger partial charge is 0.393 e. The lowest BCUT2D eigenvalue weighted by Gasteiger charge is -2.05. The molecule has 1 aromatic heterocycles. The van der Waals surface area contributed by atoms with Gasteiger partial charge in [-0.05, 0) is 26.0 Å². The SMILES string of the molecule is CC(CC(C)O)=Nc1cccc2cccnc12. The van der Waals surface area contributed by atoms with Crippen molar-refractivity contribution in [1.29, 1.82) is 0 Å². The molecule has 1 atom stereocenters. The second-order valence-corrected chi connectivity index (χ2v) is 4.25. The Kier molecular flexibility index (Phi) is 3.49. The van der Waals surface area contributed by atoms with Crippen LogP contribution < -0.4 is 0 Å². The predicted molar refractivity (Wildman–Crippen MR) is 70.8 cm³/mol. The molecule has 88 valence electrons. The minimum Gasteiger partial charge on any atom is -0.393 e. The molecule has 1 unspecified atom stereocenters. The Morgan fingerprint density at radius 2 is 2.12 bits per heavy atom. The van der Waals surface area contributed by atoms with Crippen LogP contribution in [0, 0.1) is 0 Å². The first-order valence-corrected chi connectivity index (χ1v) is 5.73. The van der Waals surface area contributed by atoms with Crippen molar-refractivity contribution in [2.45, 2.75) is 26.4 Å². The van der Waals surface area contributed by atoms with E-state index in [0.717, 1.165) is 22.3 Å². The number of hydrogen-bond acceptors (Lipinski definition) is 3. The Balaban J connectivity index is 2.42. The average Bonchev–Trinajstić information content (AvgIpc) is 2.28. The van der Waals surface area contributed by atoms with Crippen LogP contribution in [0.25, 0.3) is 10.9 Å². The van der Waals surface area contributed by atoms with Gasteiger partial charge in [0.15, 0.2) is 0 Å². The highest BCUT2D eigenvalue weighted by molar-refractivity contribution is 5.93. The maximum absolute atomic E-state index is 9.32. The van der Waals surface area contributed by atoms with E-state index in [0.29, 0.717) is 6.42 Å². The second-order valence-electron chi connectivity index (χ2n) is 4.25. The quantitative estimate of drug-likeness (QED) is 0.820. The van der Waals surface area contributed by atoms with Crippen molar-refractivity contribution in [1.82, 2.24) is 4.98 Å². The Bertz CT molecular complexity index is 541. The Morgan fingerprint density at radius 3 is 2.88 bits per heavy atom. The van der Waals surface area contributed by atoms with Gasteiger partial charge >= 0.3 is 0 Å². The Labute approximate surface area is 101 Å². The molecule has 3 nitrogen and oxygen atoms in total. The summed E-state index contributed by atoms with van der Waals surface area (Å²) in [5.74, 6) is 0. The Hall–Kier alpha value is -1.74. The van der Waals surface area contributed by atoms with E-state index in [1.54, 1.807) is 13.1 Å². The molecule has 17 heavy (non-hydrogen) atoms. The van der Waals surface area contributed by atoms with E-state index in [2.05, 4.69) is 9.98 Å². The third-order valence-electron chi connectivity index (χ3n) is 2.51. The first kappa shape index (κ1) is 11.7. The molecule has 3 heteroatoms. The molecule has 0 aliphatic heterocycles. The molecular formula is C14H16N2O. The second kappa shape index (κ2) is 5.06. The smallest absolute Gasteiger partial charge is 0.0958 e. The van der Waals surface area contributed by atoms with Crippen LogP contribution in [0.4, 0.5) is 5.69 Å². The maximum Gasteiger partial charge on any atom is 0.0958 e. The van der Waals surface area contributed by atoms with Crippen LogP contribution in [0.2, 0.25) is 0 Å². The van der Waals surface area contributed by atoms with Gasteiger partial charge in [-0.2, -0.15) is 0 Å². The summed E-state index contributed by atoms with van der Waals surface area (Å²) in [4.78, 5) is 8.87. The number of para-hydroxylation sites is 1. The average molecular weight is 228 g/mol. The molecule has 0 aliphatic carbocycles. The van der Waals surface area contributed by atoms with Crippen LogP contribution in [0.1, 0.15) is 20.3 Å². The van der Waals surface area contributed by atoms with Crippen LogP contribution in [-0.4, -0.2) is 21.9 Å². The molecule has 0 spiro atoms. The summed E-state index contributed by atoms with van der Waals surface area (Å²) in [6.45, 7) is 3.69. The van der Waals surface area contributed by atoms with Crippen molar-refractivity contribution < 1.29 is 5.11 Å². The third kappa shape index (κ3) is 2.88. The van der Waals surface area contributed by atoms with Gasteiger partial charge in [0.05, 0.1) is 17.3 Å². The molecule has 0 saturated heterocycles. The molecule has 0 amide bonds. The number of pyridine rings is 1. The van der Waals surface area contributed by atoms with E-state index >= 15 is 0 Å². The fourth-order valence-electron chi connectivity index (χ4n) is 1.86. The van der Waals surface area contributed by atoms with Gasteiger partial charge in [-0.25, -0.2) is 0 Å². The highest BCUT2D eigenvalue weighted by Crippen LogP contribution is 2.23. The van der Waals surface area contributed by atoms with Crippen LogP contribution in [0.15, 0.2) is 41.5 Å². The molecular weight excluding hydrogens is 212 g/mol. The lowest BCUT2D eigenvalue weighted by atomic mass is 10.1. The van der Waals surface area contributed by atoms with Crippen LogP contribution >= 0.6 is 0 Å². The minimum atomic E-state index is -0.360. The molecule has 1 N–H and O–H groups in total. The van der Waals surface area contributed by atoms with Crippen LogP contribution in [0.3, 0.4) is 0 Å². The number of hydrogen-bond donors (Lipinski definition) is 1. The number of aliphatic imine (C=N–C) groups is 1. The van der Waals surface area contributed by atoms with E-state index in [1.807, 2.05) is 37.3 Å². The monoisotopic (exact) mass is 228 g/mol. The van der Waals surface area contributed by atoms with Gasteiger partial charge in [0, 0.05) is 23.7 Å². The summed E-state index contributed by atoms with van der Waals surface area (Å²) in [6, 6.07) is 9.87. The summed E-state index contributed by atoms with van der Waals surface area (Å²) in [7, 11) is 0. The van der Waals surface area contributed by atoms with E-state index in [9.17, 15) is 5.11 Å². The zero-order valence-electron chi connectivity index (χ0n) is 10.1. The highest BCUT2D eigenvalue weighted by Gasteiger charge is 2.02. The molecule has 0 aliphatic rings. The van der Waals surface area contributed by atoms with E-state index in [4.69, 9.17) is 0 Å². The van der Waals surface area contributed by atoms with Gasteiger partial charge in [0.1, 0.15) is 0 Å². The molecule has 0 radical (unpaired) electrons. The lowest BCUT2D eigenvalue weighted by molar-refractivity contribution is 0.203. The number of aliphatic hydroxyl groups excluding tert-OH is 1. The molecule has 1 aromatic carbocycles. The van der Waals surface area contributed by atoms with E-state index in [-0.39, 0.29) is 6.10 Å². The molecule has 0 saturated carbocycles. The van der Waals surface area contributed by atoms with Gasteiger partial charge < -0.3 is 5.11 Å². The number of nitrogens with zero attached hydrogens (tertiary/aromatic N) is 2. The number of aromatic nitrogens is 1. The van der Waals surface area contributed by atoms with Crippen LogP contribution in [-0.2, 0) is 0 Å². The lowest BCUT2D eigenvalue weighted by Crippen LogP contribution is -2.05. The van der Waals surface area contributed by atoms with Crippen molar-refractivity contribution >= 4 is 22.3 Å². The van der Waals surface area contributed by atoms with Crippen LogP contribution in [0.5, 0.6) is 0 Å². The molecule has 2 rings (SSSR count). The predicted octanol–water partition coefficient (Wildman–Crippen LogP) is 3.10. The summed E-state index contributed by atoms with van der Waals surface area (Å²) in [5.41, 5.74) is 2.68. The first-order valence-electron chi connectivity index (χ1n) is 5.73. The first-order chi connectivity index (χ1) is 8.16. The fraction of sp³-hybridized carbons (Fsp3) is 0.286. The van der Waals surface area contributed by atoms with E-state index < -0.39 is 0 Å². The van der Waals surface area contributed by atoms with Crippen molar-refractivity contribution in [3.63, 3.8) is 0 Å². The maximum atomic E-state index is 9.32. The van der Waals surface area contributed by atoms with Crippen molar-refractivity contribution in [3.8, 4) is 0 Å². The zero-order chi connectivity index (χ0) is 12.3. The number of benzene rings is 1. The van der Waals surface area contributed by atoms with Gasteiger partial charge in [0.25, 0.3) is 0 Å². The summed E-state index contributed by atoms with van der Waals surface area (Å²) in [6.07, 6.45) is 2.00. The topological polar surface area (TPSA) is 45.5 Å². The summed E-state index contributed by atoms with van der Waals surface area (Å²) in [5, 5.41) is 10.4. The standard InChI is InChI=1S/C14H16N2O/c1-10(9-11(2)17)16-13-7-3-5-12-6-4-8-15-14(12)13/h3-8,11,17H,9H2,1-2H3. The summed E-state index contributed by atoms with van der Waals surface area (Å²) < 4.78 is 0. The highest BCUT2D eigenvalue weighted by atomic mass is 16.3. The summed E-state index contributed by atoms with van der Waals surface area (Å²) >= 11 is 0. The normalized spacial score (nSPS) is 13.9. The number of rotatable bonds is 3. The number of fused-ring (bicyclic) bond motifs is 1. The van der Waals surface area contributed by atoms with Crippen molar-refractivity contribution in [2.24, 2.45) is 4.99 Å². The van der Waals surface area contributed by atoms with Gasteiger partial charge in [-0.1, -0.05) is 18.2 Å². The minimum absolute atomic E-state index is 0.360. The van der Waals surface area contributed by atoms with Gasteiger partial charge in [-0.3, -0.25) is 9.98 Å². The zero-order valence-corrected chi connectivity index (χ0v) is 10.1. The third-order valence-corrected chi connectivity index (χ3v) is 2.51. The fourth-order valence-corrected chi connectivity index (χ4v) is 1.86. The van der Waals surface area contributed by atoms with E-state index in [1.165, 1.54) is 0 Å². The van der Waals surface area contributed by atoms with Crippen molar-refractivity contribution in [2.75, 3.05) is 0 Å². The van der Waals surface area contributed by atoms with Gasteiger partial charge in [-0.15, -0.1) is 0 Å².